The maximum absolute atomic E-state index is 12.7. The number of sulfonamides is 1. The zero-order valence-electron chi connectivity index (χ0n) is 12.1. The van der Waals surface area contributed by atoms with Crippen molar-refractivity contribution >= 4 is 16.0 Å². The lowest BCUT2D eigenvalue weighted by molar-refractivity contribution is 0.0597. The first-order valence-corrected chi connectivity index (χ1v) is 8.29. The van der Waals surface area contributed by atoms with Crippen molar-refractivity contribution in [2.45, 2.75) is 37.1 Å². The van der Waals surface area contributed by atoms with Crippen LogP contribution in [0.15, 0.2) is 23.1 Å². The van der Waals surface area contributed by atoms with Gasteiger partial charge in [-0.15, -0.1) is 0 Å². The van der Waals surface area contributed by atoms with Gasteiger partial charge in [0.1, 0.15) is 11.3 Å². The van der Waals surface area contributed by atoms with Gasteiger partial charge in [-0.3, -0.25) is 0 Å². The number of nitrogens with zero attached hydrogens (tertiary/aromatic N) is 1. The summed E-state index contributed by atoms with van der Waals surface area (Å²) in [5, 5.41) is 9.66. The number of hydrogen-bond donors (Lipinski definition) is 1. The molecule has 0 unspecified atom stereocenters. The highest BCUT2D eigenvalue weighted by Gasteiger charge is 2.37. The Bertz CT molecular complexity index is 637. The minimum Gasteiger partial charge on any atom is -0.507 e. The van der Waals surface area contributed by atoms with Gasteiger partial charge in [-0.1, -0.05) is 6.92 Å². The molecule has 1 N–H and O–H groups in total. The number of ether oxygens (including phenoxy) is 1. The number of esters is 1. The fourth-order valence-corrected chi connectivity index (χ4v) is 3.97. The van der Waals surface area contributed by atoms with Crippen LogP contribution in [0, 0.1) is 0 Å². The third kappa shape index (κ3) is 3.19. The van der Waals surface area contributed by atoms with Gasteiger partial charge in [-0.25, -0.2) is 13.2 Å². The van der Waals surface area contributed by atoms with E-state index in [0.29, 0.717) is 6.54 Å². The fourth-order valence-electron chi connectivity index (χ4n) is 2.17. The van der Waals surface area contributed by atoms with E-state index < -0.39 is 16.0 Å². The number of carbonyl (C=O) groups is 1. The second-order valence-corrected chi connectivity index (χ2v) is 6.91. The number of methoxy groups -OCH3 is 1. The molecule has 1 fully saturated rings. The SMILES string of the molecule is CCCN(C1CC1)S(=O)(=O)c1ccc(O)c(C(=O)OC)c1. The van der Waals surface area contributed by atoms with Crippen molar-refractivity contribution in [2.75, 3.05) is 13.7 Å². The lowest BCUT2D eigenvalue weighted by atomic mass is 10.2. The minimum atomic E-state index is -3.67. The molecule has 0 radical (unpaired) electrons. The number of aromatic hydroxyl groups is 1. The molecular weight excluding hydrogens is 294 g/mol. The first kappa shape index (κ1) is 15.8. The monoisotopic (exact) mass is 313 g/mol. The minimum absolute atomic E-state index is 0.000972. The quantitative estimate of drug-likeness (QED) is 0.809. The Morgan fingerprint density at radius 1 is 1.43 bits per heavy atom. The van der Waals surface area contributed by atoms with E-state index in [1.54, 1.807) is 0 Å². The summed E-state index contributed by atoms with van der Waals surface area (Å²) in [6, 6.07) is 3.73. The van der Waals surface area contributed by atoms with Crippen LogP contribution in [0.2, 0.25) is 0 Å². The van der Waals surface area contributed by atoms with E-state index in [1.165, 1.54) is 29.6 Å². The molecule has 6 nitrogen and oxygen atoms in total. The van der Waals surface area contributed by atoms with E-state index in [2.05, 4.69) is 4.74 Å². The van der Waals surface area contributed by atoms with Crippen molar-refractivity contribution in [3.63, 3.8) is 0 Å². The molecule has 0 aliphatic heterocycles. The molecule has 0 atom stereocenters. The molecule has 0 heterocycles. The van der Waals surface area contributed by atoms with Gasteiger partial charge in [0, 0.05) is 12.6 Å². The first-order valence-electron chi connectivity index (χ1n) is 6.85. The zero-order valence-corrected chi connectivity index (χ0v) is 12.9. The molecule has 1 aromatic carbocycles. The molecular formula is C14H19NO5S. The van der Waals surface area contributed by atoms with Crippen LogP contribution in [0.1, 0.15) is 36.5 Å². The molecule has 1 aliphatic carbocycles. The van der Waals surface area contributed by atoms with Crippen LogP contribution < -0.4 is 0 Å². The largest absolute Gasteiger partial charge is 0.507 e. The summed E-state index contributed by atoms with van der Waals surface area (Å²) in [7, 11) is -2.49. The Balaban J connectivity index is 2.42. The van der Waals surface area contributed by atoms with E-state index in [-0.39, 0.29) is 22.3 Å². The average Bonchev–Trinajstić information content (AvgIpc) is 3.28. The molecule has 1 aromatic rings. The third-order valence-corrected chi connectivity index (χ3v) is 5.33. The Kier molecular flexibility index (Phi) is 4.53. The topological polar surface area (TPSA) is 83.9 Å². The molecule has 0 bridgehead atoms. The second kappa shape index (κ2) is 6.03. The van der Waals surface area contributed by atoms with E-state index in [0.717, 1.165) is 19.3 Å². The molecule has 1 aliphatic rings. The van der Waals surface area contributed by atoms with E-state index in [9.17, 15) is 18.3 Å². The van der Waals surface area contributed by atoms with Gasteiger partial charge in [-0.2, -0.15) is 4.31 Å². The average molecular weight is 313 g/mol. The lowest BCUT2D eigenvalue weighted by Gasteiger charge is -2.21. The number of carbonyl (C=O) groups excluding carboxylic acids is 1. The van der Waals surface area contributed by atoms with Crippen molar-refractivity contribution in [2.24, 2.45) is 0 Å². The summed E-state index contributed by atoms with van der Waals surface area (Å²) < 4.78 is 31.4. The molecule has 0 amide bonds. The summed E-state index contributed by atoms with van der Waals surface area (Å²) in [4.78, 5) is 11.6. The van der Waals surface area contributed by atoms with Crippen molar-refractivity contribution in [3.8, 4) is 5.75 Å². The molecule has 0 aromatic heterocycles. The molecule has 21 heavy (non-hydrogen) atoms. The summed E-state index contributed by atoms with van der Waals surface area (Å²) in [5.41, 5.74) is -0.147. The van der Waals surface area contributed by atoms with Gasteiger partial charge < -0.3 is 9.84 Å². The first-order chi connectivity index (χ1) is 9.91. The van der Waals surface area contributed by atoms with Gasteiger partial charge >= 0.3 is 5.97 Å². The van der Waals surface area contributed by atoms with E-state index >= 15 is 0 Å². The third-order valence-electron chi connectivity index (χ3n) is 3.38. The highest BCUT2D eigenvalue weighted by atomic mass is 32.2. The van der Waals surface area contributed by atoms with Gasteiger partial charge in [0.15, 0.2) is 0 Å². The normalized spacial score (nSPS) is 15.2. The van der Waals surface area contributed by atoms with Crippen molar-refractivity contribution in [1.82, 2.24) is 4.31 Å². The van der Waals surface area contributed by atoms with E-state index in [4.69, 9.17) is 0 Å². The Labute approximate surface area is 124 Å². The molecule has 0 spiro atoms. The summed E-state index contributed by atoms with van der Waals surface area (Å²) in [5.74, 6) is -1.06. The molecule has 0 saturated heterocycles. The predicted molar refractivity (Wildman–Crippen MR) is 76.7 cm³/mol. The maximum atomic E-state index is 12.7. The summed E-state index contributed by atoms with van der Waals surface area (Å²) in [6.45, 7) is 2.36. The maximum Gasteiger partial charge on any atom is 0.341 e. The number of phenols is 1. The van der Waals surface area contributed by atoms with Gasteiger partial charge in [0.25, 0.3) is 0 Å². The molecule has 1 saturated carbocycles. The number of hydrogen-bond acceptors (Lipinski definition) is 5. The number of phenolic OH excluding ortho intramolecular Hbond substituents is 1. The van der Waals surface area contributed by atoms with Crippen LogP contribution in [0.5, 0.6) is 5.75 Å². The molecule has 7 heteroatoms. The fraction of sp³-hybridized carbons (Fsp3) is 0.500. The summed E-state index contributed by atoms with van der Waals surface area (Å²) in [6.07, 6.45) is 2.44. The Morgan fingerprint density at radius 2 is 2.10 bits per heavy atom. The highest BCUT2D eigenvalue weighted by molar-refractivity contribution is 7.89. The standard InChI is InChI=1S/C14H19NO5S/c1-3-8-15(10-4-5-10)21(18,19)11-6-7-13(16)12(9-11)14(17)20-2/h6-7,9-10,16H,3-5,8H2,1-2H3. The van der Waals surface area contributed by atoms with Gasteiger partial charge in [0.2, 0.25) is 10.0 Å². The van der Waals surface area contributed by atoms with Gasteiger partial charge in [-0.05, 0) is 37.5 Å². The van der Waals surface area contributed by atoms with Crippen molar-refractivity contribution < 1.29 is 23.1 Å². The van der Waals surface area contributed by atoms with Crippen molar-refractivity contribution in [3.05, 3.63) is 23.8 Å². The van der Waals surface area contributed by atoms with Crippen LogP contribution in [0.4, 0.5) is 0 Å². The molecule has 116 valence electrons. The second-order valence-electron chi connectivity index (χ2n) is 5.02. The van der Waals surface area contributed by atoms with Crippen LogP contribution in [0.3, 0.4) is 0 Å². The van der Waals surface area contributed by atoms with Crippen molar-refractivity contribution in [1.29, 1.82) is 0 Å². The number of benzene rings is 1. The lowest BCUT2D eigenvalue weighted by Crippen LogP contribution is -2.33. The number of rotatable bonds is 6. The highest BCUT2D eigenvalue weighted by Crippen LogP contribution is 2.33. The zero-order chi connectivity index (χ0) is 15.6. The van der Waals surface area contributed by atoms with Crippen LogP contribution in [0.25, 0.3) is 0 Å². The smallest absolute Gasteiger partial charge is 0.341 e. The van der Waals surface area contributed by atoms with Crippen LogP contribution in [-0.2, 0) is 14.8 Å². The van der Waals surface area contributed by atoms with E-state index in [1.807, 2.05) is 6.92 Å². The molecule has 2 rings (SSSR count). The Hall–Kier alpha value is -1.60. The summed E-state index contributed by atoms with van der Waals surface area (Å²) >= 11 is 0. The van der Waals surface area contributed by atoms with Gasteiger partial charge in [0.05, 0.1) is 12.0 Å². The van der Waals surface area contributed by atoms with Crippen LogP contribution in [-0.4, -0.2) is 43.5 Å². The Morgan fingerprint density at radius 3 is 2.62 bits per heavy atom. The predicted octanol–water partition coefficient (Wildman–Crippen LogP) is 1.74. The van der Waals surface area contributed by atoms with Crippen LogP contribution >= 0.6 is 0 Å².